The summed E-state index contributed by atoms with van der Waals surface area (Å²) >= 11 is 0. The summed E-state index contributed by atoms with van der Waals surface area (Å²) in [5, 5.41) is 21.0. The highest BCUT2D eigenvalue weighted by atomic mass is 19.1. The van der Waals surface area contributed by atoms with Crippen LogP contribution in [0.5, 0.6) is 5.75 Å². The Hall–Kier alpha value is -3.47. The lowest BCUT2D eigenvalue weighted by Crippen LogP contribution is -2.39. The Morgan fingerprint density at radius 1 is 1.40 bits per heavy atom. The molecule has 3 N–H and O–H groups in total. The van der Waals surface area contributed by atoms with E-state index in [-0.39, 0.29) is 17.6 Å². The van der Waals surface area contributed by atoms with Crippen molar-refractivity contribution in [3.05, 3.63) is 35.7 Å². The number of benzene rings is 1. The first kappa shape index (κ1) is 24.6. The zero-order valence-electron chi connectivity index (χ0n) is 20.9. The highest BCUT2D eigenvalue weighted by Gasteiger charge is 2.30. The summed E-state index contributed by atoms with van der Waals surface area (Å²) in [6.07, 6.45) is 2.80. The van der Waals surface area contributed by atoms with Gasteiger partial charge in [0.25, 0.3) is 0 Å². The van der Waals surface area contributed by atoms with Gasteiger partial charge in [-0.1, -0.05) is 6.92 Å². The van der Waals surface area contributed by atoms with Gasteiger partial charge in [0.05, 0.1) is 24.8 Å². The Labute approximate surface area is 203 Å². The van der Waals surface area contributed by atoms with E-state index >= 15 is 0 Å². The number of piperidine rings is 1. The number of fused-ring (bicyclic) bond motifs is 3. The lowest BCUT2D eigenvalue weighted by molar-refractivity contribution is 0.0506. The van der Waals surface area contributed by atoms with Gasteiger partial charge in [-0.05, 0) is 39.2 Å². The number of hydrogen-bond acceptors (Lipinski definition) is 9. The zero-order chi connectivity index (χ0) is 25.5. The number of halogens is 1. The molecule has 0 amide bonds. The maximum Gasteiger partial charge on any atom is 0.223 e. The second-order valence-electron chi connectivity index (χ2n) is 9.94. The summed E-state index contributed by atoms with van der Waals surface area (Å²) in [6, 6.07) is 2.87. The molecule has 188 valence electrons. The highest BCUT2D eigenvalue weighted by Crippen LogP contribution is 2.33. The van der Waals surface area contributed by atoms with Crippen LogP contribution in [0.2, 0.25) is 0 Å². The normalized spacial score (nSPS) is 19.4. The van der Waals surface area contributed by atoms with E-state index in [1.54, 1.807) is 18.9 Å². The third-order valence-electron chi connectivity index (χ3n) is 6.18. The van der Waals surface area contributed by atoms with Crippen molar-refractivity contribution in [1.82, 2.24) is 29.5 Å². The monoisotopic (exact) mass is 484 g/mol. The van der Waals surface area contributed by atoms with Gasteiger partial charge in [-0.15, -0.1) is 5.10 Å². The standard InChI is InChI=1S/C24H33FN8O2/c1-14-7-16(12-31(10-14)15(2)11-32(27-5)13-24(3,4)34)21-29-22-17-8-18(25)20(35-6)9-19(17)28-23(26)33(22)30-21/h8-9,11,14,16,34H,5,7,10,12-13H2,1-4,6H3,(H2,26,28)/b15-11+/t14-,16-/m1/s1. The zero-order valence-corrected chi connectivity index (χ0v) is 20.9. The van der Waals surface area contributed by atoms with Crippen molar-refractivity contribution < 1.29 is 14.2 Å². The van der Waals surface area contributed by atoms with Crippen molar-refractivity contribution in [2.24, 2.45) is 11.0 Å². The smallest absolute Gasteiger partial charge is 0.223 e. The van der Waals surface area contributed by atoms with Crippen molar-refractivity contribution in [2.45, 2.75) is 45.6 Å². The fraction of sp³-hybridized carbons (Fsp3) is 0.500. The molecule has 11 heteroatoms. The van der Waals surface area contributed by atoms with Crippen LogP contribution in [-0.4, -0.2) is 73.7 Å². The van der Waals surface area contributed by atoms with Gasteiger partial charge in [0, 0.05) is 49.1 Å². The summed E-state index contributed by atoms with van der Waals surface area (Å²) in [5.74, 6) is 0.844. The van der Waals surface area contributed by atoms with E-state index in [0.29, 0.717) is 41.4 Å². The molecule has 10 nitrogen and oxygen atoms in total. The van der Waals surface area contributed by atoms with E-state index in [4.69, 9.17) is 15.5 Å². The lowest BCUT2D eigenvalue weighted by atomic mass is 9.89. The number of hydrazone groups is 1. The van der Waals surface area contributed by atoms with Crippen LogP contribution < -0.4 is 10.5 Å². The predicted octanol–water partition coefficient (Wildman–Crippen LogP) is 2.98. The number of nitrogen functional groups attached to an aromatic ring is 1. The number of hydrogen-bond donors (Lipinski definition) is 2. The summed E-state index contributed by atoms with van der Waals surface area (Å²) < 4.78 is 21.0. The Kier molecular flexibility index (Phi) is 6.54. The molecule has 0 spiro atoms. The van der Waals surface area contributed by atoms with Crippen LogP contribution in [0.25, 0.3) is 16.6 Å². The Bertz CT molecular complexity index is 1280. The summed E-state index contributed by atoms with van der Waals surface area (Å²) in [7, 11) is 1.41. The average molecular weight is 485 g/mol. The highest BCUT2D eigenvalue weighted by molar-refractivity contribution is 5.93. The molecule has 3 aromatic rings. The van der Waals surface area contributed by atoms with Crippen molar-refractivity contribution in [2.75, 3.05) is 32.5 Å². The predicted molar refractivity (Wildman–Crippen MR) is 134 cm³/mol. The largest absolute Gasteiger partial charge is 0.494 e. The van der Waals surface area contributed by atoms with Crippen molar-refractivity contribution in [3.63, 3.8) is 0 Å². The summed E-state index contributed by atoms with van der Waals surface area (Å²) in [4.78, 5) is 11.4. The van der Waals surface area contributed by atoms with E-state index in [9.17, 15) is 9.50 Å². The average Bonchev–Trinajstić information content (AvgIpc) is 3.24. The van der Waals surface area contributed by atoms with Gasteiger partial charge < -0.3 is 20.5 Å². The lowest BCUT2D eigenvalue weighted by Gasteiger charge is -2.38. The van der Waals surface area contributed by atoms with E-state index in [1.807, 2.05) is 13.1 Å². The van der Waals surface area contributed by atoms with Gasteiger partial charge in [0.15, 0.2) is 23.0 Å². The Morgan fingerprint density at radius 3 is 2.80 bits per heavy atom. The van der Waals surface area contributed by atoms with Gasteiger partial charge in [-0.3, -0.25) is 5.01 Å². The second-order valence-corrected chi connectivity index (χ2v) is 9.94. The fourth-order valence-corrected chi connectivity index (χ4v) is 4.63. The maximum absolute atomic E-state index is 14.5. The van der Waals surface area contributed by atoms with Crippen LogP contribution >= 0.6 is 0 Å². The first-order valence-electron chi connectivity index (χ1n) is 11.6. The molecule has 0 saturated carbocycles. The first-order valence-corrected chi connectivity index (χ1v) is 11.6. The summed E-state index contributed by atoms with van der Waals surface area (Å²) in [5.41, 5.74) is 7.23. The number of methoxy groups -OCH3 is 1. The SMILES string of the molecule is C=NN(/C=C(\C)N1C[C@H](C)C[C@@H](c2nc3c4cc(F)c(OC)cc4nc(N)n3n2)C1)CC(C)(C)O. The van der Waals surface area contributed by atoms with Crippen LogP contribution in [0, 0.1) is 11.7 Å². The molecule has 0 radical (unpaired) electrons. The van der Waals surface area contributed by atoms with Gasteiger partial charge in [-0.2, -0.15) is 9.62 Å². The number of aliphatic hydroxyl groups is 1. The minimum Gasteiger partial charge on any atom is -0.494 e. The topological polar surface area (TPSA) is 117 Å². The van der Waals surface area contributed by atoms with Gasteiger partial charge in [-0.25, -0.2) is 14.4 Å². The van der Waals surface area contributed by atoms with E-state index in [0.717, 1.165) is 18.7 Å². The molecule has 0 aliphatic carbocycles. The number of rotatable bonds is 7. The summed E-state index contributed by atoms with van der Waals surface area (Å²) in [6.45, 7) is 13.2. The molecule has 1 aliphatic heterocycles. The molecule has 1 saturated heterocycles. The molecule has 2 aromatic heterocycles. The van der Waals surface area contributed by atoms with Crippen molar-refractivity contribution >= 4 is 29.2 Å². The Morgan fingerprint density at radius 2 is 2.14 bits per heavy atom. The third kappa shape index (κ3) is 5.14. The molecular formula is C24H33FN8O2. The third-order valence-corrected chi connectivity index (χ3v) is 6.18. The fourth-order valence-electron chi connectivity index (χ4n) is 4.63. The second kappa shape index (κ2) is 9.29. The van der Waals surface area contributed by atoms with Gasteiger partial charge in [0.2, 0.25) is 5.95 Å². The molecule has 1 aromatic carbocycles. The molecular weight excluding hydrogens is 451 g/mol. The molecule has 1 fully saturated rings. The van der Waals surface area contributed by atoms with Crippen LogP contribution in [0.3, 0.4) is 0 Å². The van der Waals surface area contributed by atoms with Gasteiger partial charge in [0.1, 0.15) is 0 Å². The molecule has 0 bridgehead atoms. The number of ether oxygens (including phenoxy) is 1. The minimum absolute atomic E-state index is 0.0407. The number of allylic oxidation sites excluding steroid dienone is 1. The van der Waals surface area contributed by atoms with Crippen molar-refractivity contribution in [3.8, 4) is 5.75 Å². The van der Waals surface area contributed by atoms with Crippen LogP contribution in [0.4, 0.5) is 10.3 Å². The molecule has 1 aliphatic rings. The molecule has 3 heterocycles. The number of anilines is 1. The van der Waals surface area contributed by atoms with Crippen LogP contribution in [0.1, 0.15) is 45.9 Å². The first-order chi connectivity index (χ1) is 16.5. The van der Waals surface area contributed by atoms with Crippen LogP contribution in [0.15, 0.2) is 29.1 Å². The van der Waals surface area contributed by atoms with E-state index < -0.39 is 11.4 Å². The number of nitrogens with zero attached hydrogens (tertiary/aromatic N) is 7. The quantitative estimate of drug-likeness (QED) is 0.388. The van der Waals surface area contributed by atoms with Crippen LogP contribution in [-0.2, 0) is 0 Å². The molecule has 35 heavy (non-hydrogen) atoms. The maximum atomic E-state index is 14.5. The van der Waals surface area contributed by atoms with Gasteiger partial charge >= 0.3 is 0 Å². The number of nitrogens with two attached hydrogens (primary N) is 1. The molecule has 0 unspecified atom stereocenters. The minimum atomic E-state index is -0.906. The van der Waals surface area contributed by atoms with Crippen molar-refractivity contribution in [1.29, 1.82) is 0 Å². The number of likely N-dealkylation sites (tertiary alicyclic amines) is 1. The van der Waals surface area contributed by atoms with E-state index in [1.165, 1.54) is 23.8 Å². The molecule has 4 rings (SSSR count). The Balaban J connectivity index is 1.67. The van der Waals surface area contributed by atoms with E-state index in [2.05, 4.69) is 33.7 Å². The molecule has 2 atom stereocenters. The number of aromatic nitrogens is 4.